The fraction of sp³-hybridized carbons (Fsp3) is 0. The summed E-state index contributed by atoms with van der Waals surface area (Å²) in [5, 5.41) is 1.93. The topological polar surface area (TPSA) is 26.3 Å². The fourth-order valence-corrected chi connectivity index (χ4v) is 2.73. The molecule has 0 aliphatic carbocycles. The molecule has 3 aromatic carbocycles. The van der Waals surface area contributed by atoms with Crippen molar-refractivity contribution in [3.8, 4) is 5.75 Å². The molecule has 0 aromatic heterocycles. The number of carbonyl (C=O) groups excluding carboxylic acids is 1. The van der Waals surface area contributed by atoms with E-state index in [1.165, 1.54) is 18.2 Å². The zero-order valence-electron chi connectivity index (χ0n) is 11.1. The second-order valence-electron chi connectivity index (χ2n) is 4.64. The van der Waals surface area contributed by atoms with Crippen LogP contribution >= 0.6 is 27.5 Å². The monoisotopic (exact) mass is 378 g/mol. The third-order valence-corrected chi connectivity index (χ3v) is 3.96. The van der Waals surface area contributed by atoms with E-state index in [0.717, 1.165) is 15.2 Å². The molecule has 2 nitrogen and oxygen atoms in total. The summed E-state index contributed by atoms with van der Waals surface area (Å²) in [5.41, 5.74) is -0.264. The van der Waals surface area contributed by atoms with E-state index in [1.807, 2.05) is 24.3 Å². The zero-order valence-corrected chi connectivity index (χ0v) is 13.5. The van der Waals surface area contributed by atoms with Crippen molar-refractivity contribution < 1.29 is 13.9 Å². The van der Waals surface area contributed by atoms with Gasteiger partial charge < -0.3 is 4.74 Å². The Morgan fingerprint density at radius 3 is 2.55 bits per heavy atom. The van der Waals surface area contributed by atoms with Gasteiger partial charge in [-0.05, 0) is 47.2 Å². The molecular formula is C17H9BrClFO2. The molecule has 0 atom stereocenters. The largest absolute Gasteiger partial charge is 0.423 e. The molecule has 22 heavy (non-hydrogen) atoms. The van der Waals surface area contributed by atoms with E-state index in [-0.39, 0.29) is 10.6 Å². The Kier molecular flexibility index (Phi) is 4.14. The Balaban J connectivity index is 1.93. The predicted octanol–water partition coefficient (Wildman–Crippen LogP) is 5.61. The summed E-state index contributed by atoms with van der Waals surface area (Å²) in [6.07, 6.45) is 0. The highest BCUT2D eigenvalue weighted by Crippen LogP contribution is 2.26. The highest BCUT2D eigenvalue weighted by Gasteiger charge is 2.18. The van der Waals surface area contributed by atoms with Crippen molar-refractivity contribution >= 4 is 44.3 Å². The highest BCUT2D eigenvalue weighted by atomic mass is 79.9. The molecular weight excluding hydrogens is 371 g/mol. The summed E-state index contributed by atoms with van der Waals surface area (Å²) in [5.74, 6) is -1.19. The van der Waals surface area contributed by atoms with E-state index in [4.69, 9.17) is 16.3 Å². The van der Waals surface area contributed by atoms with Gasteiger partial charge in [-0.2, -0.15) is 0 Å². The number of benzene rings is 3. The number of hydrogen-bond acceptors (Lipinski definition) is 2. The predicted molar refractivity (Wildman–Crippen MR) is 88.0 cm³/mol. The molecule has 0 amide bonds. The molecule has 0 heterocycles. The smallest absolute Gasteiger partial charge is 0.348 e. The standard InChI is InChI=1S/C17H9BrClFO2/c18-12-6-4-11-9-13(7-5-10(11)8-12)22-17(21)16-14(19)2-1-3-15(16)20/h1-9H. The lowest BCUT2D eigenvalue weighted by Crippen LogP contribution is -2.11. The molecule has 0 saturated heterocycles. The third-order valence-electron chi connectivity index (χ3n) is 3.15. The molecule has 0 aliphatic heterocycles. The van der Waals surface area contributed by atoms with Crippen LogP contribution in [0.2, 0.25) is 5.02 Å². The van der Waals surface area contributed by atoms with Gasteiger partial charge in [-0.25, -0.2) is 9.18 Å². The van der Waals surface area contributed by atoms with E-state index in [1.54, 1.807) is 12.1 Å². The molecule has 5 heteroatoms. The minimum absolute atomic E-state index is 0.0229. The van der Waals surface area contributed by atoms with Crippen molar-refractivity contribution in [2.24, 2.45) is 0 Å². The van der Waals surface area contributed by atoms with Gasteiger partial charge in [0.25, 0.3) is 0 Å². The van der Waals surface area contributed by atoms with Crippen LogP contribution in [0.4, 0.5) is 4.39 Å². The first-order chi connectivity index (χ1) is 10.5. The van der Waals surface area contributed by atoms with Crippen LogP contribution in [0.15, 0.2) is 59.1 Å². The molecule has 0 radical (unpaired) electrons. The van der Waals surface area contributed by atoms with Crippen LogP contribution < -0.4 is 4.74 Å². The summed E-state index contributed by atoms with van der Waals surface area (Å²) >= 11 is 9.25. The molecule has 110 valence electrons. The summed E-state index contributed by atoms with van der Waals surface area (Å²) in [6, 6.07) is 15.0. The zero-order chi connectivity index (χ0) is 15.7. The van der Waals surface area contributed by atoms with Crippen LogP contribution in [0.5, 0.6) is 5.75 Å². The third kappa shape index (κ3) is 2.98. The molecule has 3 rings (SSSR count). The quantitative estimate of drug-likeness (QED) is 0.427. The second kappa shape index (κ2) is 6.07. The van der Waals surface area contributed by atoms with Gasteiger partial charge in [0.15, 0.2) is 0 Å². The lowest BCUT2D eigenvalue weighted by atomic mass is 10.1. The molecule has 0 unspecified atom stereocenters. The molecule has 0 spiro atoms. The first-order valence-corrected chi connectivity index (χ1v) is 7.57. The van der Waals surface area contributed by atoms with Gasteiger partial charge >= 0.3 is 5.97 Å². The van der Waals surface area contributed by atoms with Crippen molar-refractivity contribution in [1.29, 1.82) is 0 Å². The van der Waals surface area contributed by atoms with Crippen molar-refractivity contribution in [2.45, 2.75) is 0 Å². The van der Waals surface area contributed by atoms with Crippen molar-refractivity contribution in [1.82, 2.24) is 0 Å². The molecule has 0 saturated carbocycles. The molecule has 0 fully saturated rings. The minimum Gasteiger partial charge on any atom is -0.423 e. The first-order valence-electron chi connectivity index (χ1n) is 6.40. The van der Waals surface area contributed by atoms with Gasteiger partial charge in [0.2, 0.25) is 0 Å². The van der Waals surface area contributed by atoms with E-state index >= 15 is 0 Å². The summed E-state index contributed by atoms with van der Waals surface area (Å²) in [7, 11) is 0. The first kappa shape index (κ1) is 15.0. The number of ether oxygens (including phenoxy) is 1. The number of esters is 1. The Morgan fingerprint density at radius 1 is 1.05 bits per heavy atom. The SMILES string of the molecule is O=C(Oc1ccc2cc(Br)ccc2c1)c1c(F)cccc1Cl. The number of carbonyl (C=O) groups is 1. The molecule has 0 aliphatic rings. The van der Waals surface area contributed by atoms with Crippen LogP contribution in [0.1, 0.15) is 10.4 Å². The molecule has 3 aromatic rings. The highest BCUT2D eigenvalue weighted by molar-refractivity contribution is 9.10. The van der Waals surface area contributed by atoms with E-state index in [0.29, 0.717) is 5.75 Å². The molecule has 0 N–H and O–H groups in total. The maximum atomic E-state index is 13.7. The van der Waals surface area contributed by atoms with Crippen LogP contribution in [0, 0.1) is 5.82 Å². The van der Waals surface area contributed by atoms with Crippen LogP contribution in [-0.2, 0) is 0 Å². The van der Waals surface area contributed by atoms with E-state index in [9.17, 15) is 9.18 Å². The van der Waals surface area contributed by atoms with E-state index in [2.05, 4.69) is 15.9 Å². The maximum Gasteiger partial charge on any atom is 0.348 e. The van der Waals surface area contributed by atoms with Gasteiger partial charge in [-0.1, -0.05) is 45.7 Å². The summed E-state index contributed by atoms with van der Waals surface area (Å²) in [4.78, 5) is 12.1. The Morgan fingerprint density at radius 2 is 1.77 bits per heavy atom. The van der Waals surface area contributed by atoms with Crippen molar-refractivity contribution in [2.75, 3.05) is 0 Å². The Bertz CT molecular complexity index is 859. The molecule has 0 bridgehead atoms. The average Bonchev–Trinajstić information content (AvgIpc) is 2.47. The van der Waals surface area contributed by atoms with Crippen molar-refractivity contribution in [3.05, 3.63) is 75.5 Å². The van der Waals surface area contributed by atoms with Crippen LogP contribution in [-0.4, -0.2) is 5.97 Å². The maximum absolute atomic E-state index is 13.7. The lowest BCUT2D eigenvalue weighted by molar-refractivity contribution is 0.0730. The van der Waals surface area contributed by atoms with Gasteiger partial charge in [0, 0.05) is 4.47 Å². The minimum atomic E-state index is -0.820. The average molecular weight is 380 g/mol. The lowest BCUT2D eigenvalue weighted by Gasteiger charge is -2.08. The second-order valence-corrected chi connectivity index (χ2v) is 5.96. The number of hydrogen-bond donors (Lipinski definition) is 0. The number of fused-ring (bicyclic) bond motifs is 1. The van der Waals surface area contributed by atoms with Gasteiger partial charge in [0.1, 0.15) is 17.1 Å². The Labute approximate surface area is 139 Å². The van der Waals surface area contributed by atoms with Crippen LogP contribution in [0.3, 0.4) is 0 Å². The Hall–Kier alpha value is -1.91. The van der Waals surface area contributed by atoms with Gasteiger partial charge in [-0.15, -0.1) is 0 Å². The summed E-state index contributed by atoms with van der Waals surface area (Å²) < 4.78 is 19.9. The van der Waals surface area contributed by atoms with E-state index < -0.39 is 11.8 Å². The van der Waals surface area contributed by atoms with Gasteiger partial charge in [0.05, 0.1) is 5.02 Å². The van der Waals surface area contributed by atoms with Crippen molar-refractivity contribution in [3.63, 3.8) is 0 Å². The summed E-state index contributed by atoms with van der Waals surface area (Å²) in [6.45, 7) is 0. The normalized spacial score (nSPS) is 10.7. The number of rotatable bonds is 2. The van der Waals surface area contributed by atoms with Gasteiger partial charge in [-0.3, -0.25) is 0 Å². The number of halogens is 3. The van der Waals surface area contributed by atoms with Crippen LogP contribution in [0.25, 0.3) is 10.8 Å². The fourth-order valence-electron chi connectivity index (χ4n) is 2.11.